The zero-order valence-electron chi connectivity index (χ0n) is 15.7. The number of hydrogen-bond donors (Lipinski definition) is 1. The molecule has 2 saturated heterocycles. The molecule has 2 heterocycles. The van der Waals surface area contributed by atoms with Crippen molar-refractivity contribution in [1.29, 1.82) is 0 Å². The van der Waals surface area contributed by atoms with Gasteiger partial charge in [-0.05, 0) is 17.5 Å². The van der Waals surface area contributed by atoms with Gasteiger partial charge in [0.1, 0.15) is 6.10 Å². The SMILES string of the molecule is CCCC(=O)OC(C(c1ccccc1)c1ccccc1)C1NC1C1COC1. The topological polar surface area (TPSA) is 57.5 Å². The molecule has 2 aromatic carbocycles. The highest BCUT2D eigenvalue weighted by Gasteiger charge is 2.53. The van der Waals surface area contributed by atoms with E-state index >= 15 is 0 Å². The summed E-state index contributed by atoms with van der Waals surface area (Å²) in [4.78, 5) is 12.4. The predicted molar refractivity (Wildman–Crippen MR) is 105 cm³/mol. The fraction of sp³-hybridized carbons (Fsp3) is 0.435. The van der Waals surface area contributed by atoms with Crippen LogP contribution in [-0.4, -0.2) is 37.4 Å². The van der Waals surface area contributed by atoms with E-state index in [1.807, 2.05) is 43.3 Å². The number of carbonyl (C=O) groups is 1. The molecular weight excluding hydrogens is 338 g/mol. The molecule has 0 radical (unpaired) electrons. The molecule has 4 rings (SSSR count). The van der Waals surface area contributed by atoms with Gasteiger partial charge in [0.2, 0.25) is 0 Å². The fourth-order valence-electron chi connectivity index (χ4n) is 4.01. The first-order valence-electron chi connectivity index (χ1n) is 9.91. The lowest BCUT2D eigenvalue weighted by Gasteiger charge is -2.30. The first-order chi connectivity index (χ1) is 13.3. The van der Waals surface area contributed by atoms with Crippen LogP contribution in [0.3, 0.4) is 0 Å². The van der Waals surface area contributed by atoms with E-state index in [9.17, 15) is 4.79 Å². The zero-order valence-corrected chi connectivity index (χ0v) is 15.7. The van der Waals surface area contributed by atoms with Gasteiger partial charge in [-0.15, -0.1) is 0 Å². The van der Waals surface area contributed by atoms with Crippen molar-refractivity contribution < 1.29 is 14.3 Å². The van der Waals surface area contributed by atoms with Gasteiger partial charge in [0, 0.05) is 24.3 Å². The Morgan fingerprint density at radius 2 is 1.67 bits per heavy atom. The first-order valence-corrected chi connectivity index (χ1v) is 9.91. The van der Waals surface area contributed by atoms with Gasteiger partial charge in [0.15, 0.2) is 0 Å². The molecule has 0 amide bonds. The van der Waals surface area contributed by atoms with Crippen LogP contribution in [0.15, 0.2) is 60.7 Å². The molecule has 3 unspecified atom stereocenters. The Bertz CT molecular complexity index is 705. The maximum absolute atomic E-state index is 12.4. The molecule has 27 heavy (non-hydrogen) atoms. The summed E-state index contributed by atoms with van der Waals surface area (Å²) in [6.45, 7) is 3.60. The van der Waals surface area contributed by atoms with E-state index in [1.54, 1.807) is 0 Å². The molecular formula is C23H27NO3. The highest BCUT2D eigenvalue weighted by Crippen LogP contribution is 2.39. The lowest BCUT2D eigenvalue weighted by atomic mass is 9.83. The van der Waals surface area contributed by atoms with E-state index in [0.29, 0.717) is 18.4 Å². The second-order valence-corrected chi connectivity index (χ2v) is 7.52. The van der Waals surface area contributed by atoms with E-state index < -0.39 is 0 Å². The van der Waals surface area contributed by atoms with Crippen molar-refractivity contribution in [2.75, 3.05) is 13.2 Å². The third-order valence-corrected chi connectivity index (χ3v) is 5.56. The summed E-state index contributed by atoms with van der Waals surface area (Å²) in [7, 11) is 0. The Morgan fingerprint density at radius 3 is 2.15 bits per heavy atom. The summed E-state index contributed by atoms with van der Waals surface area (Å²) < 4.78 is 11.5. The molecule has 2 aliphatic heterocycles. The Balaban J connectivity index is 1.66. The summed E-state index contributed by atoms with van der Waals surface area (Å²) in [6, 6.07) is 21.3. The Kier molecular flexibility index (Phi) is 5.55. The van der Waals surface area contributed by atoms with Gasteiger partial charge in [0.05, 0.1) is 19.3 Å². The molecule has 1 N–H and O–H groups in total. The lowest BCUT2D eigenvalue weighted by Crippen LogP contribution is -2.38. The standard InChI is InChI=1S/C23H27NO3/c1-2-9-19(25)27-23(22-21(24-22)18-14-26-15-18)20(16-10-5-3-6-11-16)17-12-7-4-8-13-17/h3-8,10-13,18,20-24H,2,9,14-15H2,1H3. The average molecular weight is 365 g/mol. The zero-order chi connectivity index (χ0) is 18.6. The van der Waals surface area contributed by atoms with Gasteiger partial charge in [0.25, 0.3) is 0 Å². The second-order valence-electron chi connectivity index (χ2n) is 7.52. The number of carbonyl (C=O) groups excluding carboxylic acids is 1. The Labute approximate surface area is 160 Å². The lowest BCUT2D eigenvalue weighted by molar-refractivity contribution is -0.150. The van der Waals surface area contributed by atoms with Crippen LogP contribution in [-0.2, 0) is 14.3 Å². The minimum atomic E-state index is -0.223. The van der Waals surface area contributed by atoms with Crippen molar-refractivity contribution in [3.8, 4) is 0 Å². The number of esters is 1. The van der Waals surface area contributed by atoms with Crippen LogP contribution in [0, 0.1) is 5.92 Å². The molecule has 3 atom stereocenters. The van der Waals surface area contributed by atoms with Crippen molar-refractivity contribution >= 4 is 5.97 Å². The summed E-state index contributed by atoms with van der Waals surface area (Å²) >= 11 is 0. The molecule has 2 aromatic rings. The second kappa shape index (κ2) is 8.24. The largest absolute Gasteiger partial charge is 0.460 e. The van der Waals surface area contributed by atoms with Crippen molar-refractivity contribution in [2.45, 2.75) is 43.9 Å². The molecule has 0 spiro atoms. The molecule has 2 fully saturated rings. The summed E-state index contributed by atoms with van der Waals surface area (Å²) in [5.41, 5.74) is 2.35. The van der Waals surface area contributed by atoms with Gasteiger partial charge in [-0.3, -0.25) is 4.79 Å². The quantitative estimate of drug-likeness (QED) is 0.574. The molecule has 0 aromatic heterocycles. The minimum Gasteiger partial charge on any atom is -0.460 e. The smallest absolute Gasteiger partial charge is 0.306 e. The number of rotatable bonds is 8. The van der Waals surface area contributed by atoms with E-state index in [4.69, 9.17) is 9.47 Å². The van der Waals surface area contributed by atoms with Crippen molar-refractivity contribution in [2.24, 2.45) is 5.92 Å². The molecule has 0 bridgehead atoms. The van der Waals surface area contributed by atoms with E-state index in [0.717, 1.165) is 19.6 Å². The monoisotopic (exact) mass is 365 g/mol. The highest BCUT2D eigenvalue weighted by molar-refractivity contribution is 5.69. The normalized spacial score (nSPS) is 22.9. The highest BCUT2D eigenvalue weighted by atomic mass is 16.5. The molecule has 0 aliphatic carbocycles. The molecule has 4 heteroatoms. The molecule has 4 nitrogen and oxygen atoms in total. The fourth-order valence-corrected chi connectivity index (χ4v) is 4.01. The maximum Gasteiger partial charge on any atom is 0.306 e. The maximum atomic E-state index is 12.4. The van der Waals surface area contributed by atoms with Crippen LogP contribution in [0.25, 0.3) is 0 Å². The van der Waals surface area contributed by atoms with Crippen LogP contribution in [0.1, 0.15) is 36.8 Å². The summed E-state index contributed by atoms with van der Waals surface area (Å²) in [5, 5.41) is 3.58. The van der Waals surface area contributed by atoms with Crippen LogP contribution in [0.5, 0.6) is 0 Å². The molecule has 142 valence electrons. The van der Waals surface area contributed by atoms with E-state index in [1.165, 1.54) is 11.1 Å². The number of hydrogen-bond acceptors (Lipinski definition) is 4. The van der Waals surface area contributed by atoms with Gasteiger partial charge < -0.3 is 14.8 Å². The number of ether oxygens (including phenoxy) is 2. The van der Waals surface area contributed by atoms with Crippen molar-refractivity contribution in [3.63, 3.8) is 0 Å². The van der Waals surface area contributed by atoms with Crippen LogP contribution in [0.2, 0.25) is 0 Å². The Hall–Kier alpha value is -2.17. The van der Waals surface area contributed by atoms with Gasteiger partial charge in [-0.2, -0.15) is 0 Å². The van der Waals surface area contributed by atoms with Gasteiger partial charge in [-0.25, -0.2) is 0 Å². The van der Waals surface area contributed by atoms with Crippen molar-refractivity contribution in [1.82, 2.24) is 5.32 Å². The third kappa shape index (κ3) is 4.07. The van der Waals surface area contributed by atoms with Crippen LogP contribution in [0.4, 0.5) is 0 Å². The predicted octanol–water partition coefficient (Wildman–Crippen LogP) is 3.52. The average Bonchev–Trinajstić information content (AvgIpc) is 3.42. The molecule has 2 aliphatic rings. The van der Waals surface area contributed by atoms with E-state index in [-0.39, 0.29) is 24.0 Å². The third-order valence-electron chi connectivity index (χ3n) is 5.56. The van der Waals surface area contributed by atoms with Crippen LogP contribution < -0.4 is 5.32 Å². The van der Waals surface area contributed by atoms with Gasteiger partial charge >= 0.3 is 5.97 Å². The van der Waals surface area contributed by atoms with Crippen molar-refractivity contribution in [3.05, 3.63) is 71.8 Å². The number of nitrogens with one attached hydrogen (secondary N) is 1. The molecule has 0 saturated carbocycles. The first kappa shape index (κ1) is 18.2. The number of benzene rings is 2. The van der Waals surface area contributed by atoms with Crippen LogP contribution >= 0.6 is 0 Å². The Morgan fingerprint density at radius 1 is 1.07 bits per heavy atom. The van der Waals surface area contributed by atoms with Gasteiger partial charge in [-0.1, -0.05) is 67.6 Å². The van der Waals surface area contributed by atoms with E-state index in [2.05, 4.69) is 29.6 Å². The summed E-state index contributed by atoms with van der Waals surface area (Å²) in [6.07, 6.45) is 1.03. The summed E-state index contributed by atoms with van der Waals surface area (Å²) in [5.74, 6) is 0.419. The minimum absolute atomic E-state index is 0.0108.